The lowest BCUT2D eigenvalue weighted by Gasteiger charge is -2.32. The fourth-order valence-electron chi connectivity index (χ4n) is 2.14. The quantitative estimate of drug-likeness (QED) is 0.582. The van der Waals surface area contributed by atoms with Crippen molar-refractivity contribution in [3.05, 3.63) is 34.3 Å². The van der Waals surface area contributed by atoms with Gasteiger partial charge in [0.25, 0.3) is 0 Å². The molecule has 0 aliphatic rings. The molecule has 0 aliphatic carbocycles. The Morgan fingerprint density at radius 3 is 2.70 bits per heavy atom. The van der Waals surface area contributed by atoms with E-state index in [2.05, 4.69) is 21.2 Å². The third-order valence-corrected chi connectivity index (χ3v) is 3.70. The van der Waals surface area contributed by atoms with E-state index in [1.807, 2.05) is 38.1 Å². The van der Waals surface area contributed by atoms with Crippen LogP contribution in [0.25, 0.3) is 0 Å². The molecule has 0 aromatic heterocycles. The van der Waals surface area contributed by atoms with Crippen molar-refractivity contribution < 1.29 is 14.3 Å². The Labute approximate surface area is 129 Å². The number of ether oxygens (including phenoxy) is 2. The van der Waals surface area contributed by atoms with Gasteiger partial charge in [0.05, 0.1) is 13.2 Å². The van der Waals surface area contributed by atoms with Crippen molar-refractivity contribution in [2.24, 2.45) is 0 Å². The van der Waals surface area contributed by atoms with E-state index in [0.29, 0.717) is 26.2 Å². The Morgan fingerprint density at radius 2 is 2.15 bits per heavy atom. The molecule has 20 heavy (non-hydrogen) atoms. The molecule has 0 spiro atoms. The number of hydrogen-bond donors (Lipinski definition) is 1. The largest absolute Gasteiger partial charge is 0.464 e. The summed E-state index contributed by atoms with van der Waals surface area (Å²) in [6, 6.07) is 7.73. The highest BCUT2D eigenvalue weighted by molar-refractivity contribution is 9.10. The summed E-state index contributed by atoms with van der Waals surface area (Å²) in [4.78, 5) is 12.5. The minimum atomic E-state index is -0.835. The second kappa shape index (κ2) is 8.39. The molecule has 0 fully saturated rings. The number of hydrogen-bond acceptors (Lipinski definition) is 4. The number of carbonyl (C=O) groups excluding carboxylic acids is 1. The van der Waals surface area contributed by atoms with Crippen molar-refractivity contribution in [3.8, 4) is 0 Å². The second-order valence-electron chi connectivity index (χ2n) is 4.41. The summed E-state index contributed by atoms with van der Waals surface area (Å²) in [5.74, 6) is -0.253. The molecule has 112 valence electrons. The highest BCUT2D eigenvalue weighted by Gasteiger charge is 2.39. The van der Waals surface area contributed by atoms with Gasteiger partial charge in [0.2, 0.25) is 0 Å². The number of benzene rings is 1. The van der Waals surface area contributed by atoms with Crippen molar-refractivity contribution in [1.82, 2.24) is 5.32 Å². The normalized spacial score (nSPS) is 13.8. The Morgan fingerprint density at radius 1 is 1.40 bits per heavy atom. The highest BCUT2D eigenvalue weighted by atomic mass is 79.9. The summed E-state index contributed by atoms with van der Waals surface area (Å²) in [5, 5.41) is 3.29. The average Bonchev–Trinajstić information content (AvgIpc) is 2.44. The van der Waals surface area contributed by atoms with Gasteiger partial charge in [-0.1, -0.05) is 35.0 Å². The maximum absolute atomic E-state index is 12.5. The van der Waals surface area contributed by atoms with Gasteiger partial charge >= 0.3 is 5.97 Å². The van der Waals surface area contributed by atoms with Gasteiger partial charge in [0.1, 0.15) is 5.54 Å². The van der Waals surface area contributed by atoms with Crippen LogP contribution in [0.15, 0.2) is 28.7 Å². The van der Waals surface area contributed by atoms with Gasteiger partial charge in [-0.05, 0) is 31.0 Å². The van der Waals surface area contributed by atoms with E-state index in [-0.39, 0.29) is 5.97 Å². The minimum Gasteiger partial charge on any atom is -0.464 e. The van der Waals surface area contributed by atoms with Crippen LogP contribution in [0.4, 0.5) is 0 Å². The Kier molecular flexibility index (Phi) is 7.19. The van der Waals surface area contributed by atoms with Crippen LogP contribution in [0.1, 0.15) is 25.8 Å². The Hall–Kier alpha value is -0.910. The van der Waals surface area contributed by atoms with E-state index in [9.17, 15) is 4.79 Å². The van der Waals surface area contributed by atoms with Gasteiger partial charge in [-0.15, -0.1) is 0 Å². The molecule has 1 unspecified atom stereocenters. The van der Waals surface area contributed by atoms with Crippen LogP contribution >= 0.6 is 15.9 Å². The zero-order valence-electron chi connectivity index (χ0n) is 12.2. The number of carbonyl (C=O) groups is 1. The third-order valence-electron chi connectivity index (χ3n) is 3.20. The maximum atomic E-state index is 12.5. The van der Waals surface area contributed by atoms with Crippen molar-refractivity contribution in [2.75, 3.05) is 26.9 Å². The molecule has 4 nitrogen and oxygen atoms in total. The van der Waals surface area contributed by atoms with Crippen LogP contribution in [0, 0.1) is 0 Å². The first-order valence-electron chi connectivity index (χ1n) is 6.78. The van der Waals surface area contributed by atoms with E-state index in [4.69, 9.17) is 9.47 Å². The van der Waals surface area contributed by atoms with Crippen LogP contribution in [0.2, 0.25) is 0 Å². The zero-order chi connectivity index (χ0) is 15.0. The summed E-state index contributed by atoms with van der Waals surface area (Å²) < 4.78 is 11.3. The standard InChI is InChI=1S/C15H22BrNO3/c1-4-15(14(18)20-5-2,17-9-10-19-3)12-7-6-8-13(16)11-12/h6-8,11,17H,4-5,9-10H2,1-3H3. The smallest absolute Gasteiger partial charge is 0.330 e. The lowest BCUT2D eigenvalue weighted by atomic mass is 9.87. The van der Waals surface area contributed by atoms with Crippen LogP contribution in [0.5, 0.6) is 0 Å². The summed E-state index contributed by atoms with van der Waals surface area (Å²) in [6.07, 6.45) is 0.603. The molecule has 0 bridgehead atoms. The molecule has 0 radical (unpaired) electrons. The second-order valence-corrected chi connectivity index (χ2v) is 5.32. The molecular weight excluding hydrogens is 322 g/mol. The van der Waals surface area contributed by atoms with Crippen LogP contribution in [-0.2, 0) is 19.8 Å². The number of methoxy groups -OCH3 is 1. The van der Waals surface area contributed by atoms with Crippen molar-refractivity contribution in [1.29, 1.82) is 0 Å². The van der Waals surface area contributed by atoms with Crippen molar-refractivity contribution in [3.63, 3.8) is 0 Å². The van der Waals surface area contributed by atoms with Crippen molar-refractivity contribution in [2.45, 2.75) is 25.8 Å². The van der Waals surface area contributed by atoms with Gasteiger partial charge in [-0.25, -0.2) is 4.79 Å². The molecule has 0 saturated carbocycles. The first-order valence-corrected chi connectivity index (χ1v) is 7.57. The fraction of sp³-hybridized carbons (Fsp3) is 0.533. The molecule has 0 aliphatic heterocycles. The first kappa shape index (κ1) is 17.1. The number of nitrogens with one attached hydrogen (secondary N) is 1. The Bertz CT molecular complexity index is 439. The van der Waals surface area contributed by atoms with Crippen LogP contribution in [0.3, 0.4) is 0 Å². The molecule has 1 N–H and O–H groups in total. The fourth-order valence-corrected chi connectivity index (χ4v) is 2.54. The molecule has 1 aromatic rings. The first-order chi connectivity index (χ1) is 9.60. The minimum absolute atomic E-state index is 0.253. The molecule has 5 heteroatoms. The van der Waals surface area contributed by atoms with Crippen LogP contribution < -0.4 is 5.32 Å². The van der Waals surface area contributed by atoms with E-state index in [1.54, 1.807) is 7.11 Å². The molecule has 1 rings (SSSR count). The summed E-state index contributed by atoms with van der Waals surface area (Å²) in [5.41, 5.74) is 0.0575. The monoisotopic (exact) mass is 343 g/mol. The third kappa shape index (κ3) is 4.04. The summed E-state index contributed by atoms with van der Waals surface area (Å²) in [6.45, 7) is 5.26. The van der Waals surface area contributed by atoms with E-state index >= 15 is 0 Å². The summed E-state index contributed by atoms with van der Waals surface area (Å²) >= 11 is 3.45. The van der Waals surface area contributed by atoms with Gasteiger partial charge < -0.3 is 9.47 Å². The predicted octanol–water partition coefficient (Wildman–Crippen LogP) is 2.85. The predicted molar refractivity (Wildman–Crippen MR) is 82.6 cm³/mol. The molecule has 0 saturated heterocycles. The number of esters is 1. The molecule has 0 amide bonds. The molecular formula is C15H22BrNO3. The number of halogens is 1. The van der Waals surface area contributed by atoms with Gasteiger partial charge in [-0.2, -0.15) is 0 Å². The lowest BCUT2D eigenvalue weighted by molar-refractivity contribution is -0.152. The average molecular weight is 344 g/mol. The van der Waals surface area contributed by atoms with E-state index < -0.39 is 5.54 Å². The topological polar surface area (TPSA) is 47.6 Å². The maximum Gasteiger partial charge on any atom is 0.330 e. The lowest BCUT2D eigenvalue weighted by Crippen LogP contribution is -2.50. The number of rotatable bonds is 8. The Balaban J connectivity index is 3.12. The van der Waals surface area contributed by atoms with Gasteiger partial charge in [0.15, 0.2) is 0 Å². The van der Waals surface area contributed by atoms with Crippen molar-refractivity contribution >= 4 is 21.9 Å². The summed E-state index contributed by atoms with van der Waals surface area (Å²) in [7, 11) is 1.64. The molecule has 0 heterocycles. The SMILES string of the molecule is CCOC(=O)C(CC)(NCCOC)c1cccc(Br)c1. The van der Waals surface area contributed by atoms with Gasteiger partial charge in [0, 0.05) is 18.1 Å². The van der Waals surface area contributed by atoms with E-state index in [1.165, 1.54) is 0 Å². The molecule has 1 aromatic carbocycles. The van der Waals surface area contributed by atoms with Crippen LogP contribution in [-0.4, -0.2) is 32.8 Å². The van der Waals surface area contributed by atoms with E-state index in [0.717, 1.165) is 10.0 Å². The zero-order valence-corrected chi connectivity index (χ0v) is 13.8. The molecule has 1 atom stereocenters. The highest BCUT2D eigenvalue weighted by Crippen LogP contribution is 2.29. The van der Waals surface area contributed by atoms with Gasteiger partial charge in [-0.3, -0.25) is 5.32 Å².